The summed E-state index contributed by atoms with van der Waals surface area (Å²) in [6.07, 6.45) is -0.673. The lowest BCUT2D eigenvalue weighted by Crippen LogP contribution is -2.50. The number of carboxylic acids is 2. The zero-order valence-electron chi connectivity index (χ0n) is 10.5. The summed E-state index contributed by atoms with van der Waals surface area (Å²) in [4.78, 5) is 34.1. The number of carbonyl (C=O) groups excluding carboxylic acids is 1. The third-order valence-corrected chi connectivity index (χ3v) is 2.36. The van der Waals surface area contributed by atoms with Crippen molar-refractivity contribution in [2.24, 2.45) is 0 Å². The Hall–Kier alpha value is -1.83. The number of nitrogens with one attached hydrogen (secondary N) is 1. The van der Waals surface area contributed by atoms with E-state index in [-0.39, 0.29) is 6.04 Å². The van der Waals surface area contributed by atoms with Crippen molar-refractivity contribution in [1.29, 1.82) is 0 Å². The highest BCUT2D eigenvalue weighted by molar-refractivity contribution is 5.86. The summed E-state index contributed by atoms with van der Waals surface area (Å²) in [5, 5.41) is 19.4. The van der Waals surface area contributed by atoms with Gasteiger partial charge in [0.1, 0.15) is 6.04 Å². The largest absolute Gasteiger partial charge is 0.481 e. The molecule has 2 amide bonds. The van der Waals surface area contributed by atoms with Gasteiger partial charge in [-0.05, 0) is 6.92 Å². The van der Waals surface area contributed by atoms with E-state index in [9.17, 15) is 14.4 Å². The van der Waals surface area contributed by atoms with E-state index in [1.165, 1.54) is 19.1 Å². The lowest BCUT2D eigenvalue weighted by Gasteiger charge is -2.26. The van der Waals surface area contributed by atoms with Crippen LogP contribution in [-0.2, 0) is 14.3 Å². The van der Waals surface area contributed by atoms with Crippen LogP contribution in [0.2, 0.25) is 0 Å². The molecule has 0 aliphatic rings. The second-order valence-electron chi connectivity index (χ2n) is 3.85. The Bertz CT molecular complexity index is 319. The van der Waals surface area contributed by atoms with Gasteiger partial charge >= 0.3 is 18.0 Å². The molecule has 8 nitrogen and oxygen atoms in total. The molecule has 0 saturated carbocycles. The molecule has 0 fully saturated rings. The Balaban J connectivity index is 4.49. The quantitative estimate of drug-likeness (QED) is 0.574. The molecule has 0 aromatic heterocycles. The van der Waals surface area contributed by atoms with E-state index < -0.39 is 30.4 Å². The lowest BCUT2D eigenvalue weighted by atomic mass is 10.2. The first-order valence-corrected chi connectivity index (χ1v) is 5.26. The van der Waals surface area contributed by atoms with Crippen molar-refractivity contribution < 1.29 is 29.3 Å². The molecule has 18 heavy (non-hydrogen) atoms. The van der Waals surface area contributed by atoms with Crippen molar-refractivity contribution in [2.45, 2.75) is 25.4 Å². The first-order valence-electron chi connectivity index (χ1n) is 5.26. The minimum absolute atomic E-state index is 0.255. The van der Waals surface area contributed by atoms with Gasteiger partial charge in [-0.3, -0.25) is 4.79 Å². The molecule has 0 saturated heterocycles. The summed E-state index contributed by atoms with van der Waals surface area (Å²) in [5.74, 6) is -2.69. The van der Waals surface area contributed by atoms with E-state index in [0.29, 0.717) is 6.61 Å². The highest BCUT2D eigenvalue weighted by atomic mass is 16.5. The number of urea groups is 1. The van der Waals surface area contributed by atoms with Crippen LogP contribution in [0.5, 0.6) is 0 Å². The van der Waals surface area contributed by atoms with E-state index in [1.54, 1.807) is 6.92 Å². The zero-order valence-corrected chi connectivity index (χ0v) is 10.5. The van der Waals surface area contributed by atoms with Crippen LogP contribution in [-0.4, -0.2) is 65.9 Å². The number of carbonyl (C=O) groups is 3. The van der Waals surface area contributed by atoms with Crippen LogP contribution in [0.4, 0.5) is 4.79 Å². The predicted molar refractivity (Wildman–Crippen MR) is 61.3 cm³/mol. The van der Waals surface area contributed by atoms with Gasteiger partial charge in [0.2, 0.25) is 0 Å². The molecule has 8 heteroatoms. The molecule has 0 bridgehead atoms. The van der Waals surface area contributed by atoms with Crippen LogP contribution in [0.3, 0.4) is 0 Å². The Labute approximate surface area is 105 Å². The maximum atomic E-state index is 11.7. The standard InChI is InChI=1S/C10H18N2O6/c1-6(5-18-3)12(2)10(17)11-7(9(15)16)4-8(13)14/h6-7H,4-5H2,1-3H3,(H,11,17)(H,13,14)(H,15,16). The minimum atomic E-state index is -1.45. The second-order valence-corrected chi connectivity index (χ2v) is 3.85. The Morgan fingerprint density at radius 3 is 2.28 bits per heavy atom. The fraction of sp³-hybridized carbons (Fsp3) is 0.700. The smallest absolute Gasteiger partial charge is 0.326 e. The molecular formula is C10H18N2O6. The molecule has 0 rings (SSSR count). The number of carboxylic acid groups (broad SMARTS) is 2. The molecule has 104 valence electrons. The minimum Gasteiger partial charge on any atom is -0.481 e. The molecule has 0 aliphatic heterocycles. The van der Waals surface area contributed by atoms with Crippen LogP contribution in [0.25, 0.3) is 0 Å². The van der Waals surface area contributed by atoms with Gasteiger partial charge in [-0.25, -0.2) is 9.59 Å². The fourth-order valence-electron chi connectivity index (χ4n) is 1.18. The number of likely N-dealkylation sites (N-methyl/N-ethyl adjacent to an activating group) is 1. The van der Waals surface area contributed by atoms with E-state index >= 15 is 0 Å². The Kier molecular flexibility index (Phi) is 6.73. The van der Waals surface area contributed by atoms with Crippen molar-refractivity contribution in [2.75, 3.05) is 20.8 Å². The van der Waals surface area contributed by atoms with Crippen molar-refractivity contribution in [3.05, 3.63) is 0 Å². The van der Waals surface area contributed by atoms with Gasteiger partial charge in [-0.15, -0.1) is 0 Å². The summed E-state index contributed by atoms with van der Waals surface area (Å²) in [6, 6.07) is -2.37. The van der Waals surface area contributed by atoms with Gasteiger partial charge in [-0.2, -0.15) is 0 Å². The number of amides is 2. The van der Waals surface area contributed by atoms with Crippen LogP contribution < -0.4 is 5.32 Å². The highest BCUT2D eigenvalue weighted by Crippen LogP contribution is 1.99. The monoisotopic (exact) mass is 262 g/mol. The molecule has 0 aromatic carbocycles. The number of methoxy groups -OCH3 is 1. The number of nitrogens with zero attached hydrogens (tertiary/aromatic N) is 1. The van der Waals surface area contributed by atoms with Gasteiger partial charge in [0, 0.05) is 14.2 Å². The van der Waals surface area contributed by atoms with Gasteiger partial charge in [0.05, 0.1) is 19.1 Å². The summed E-state index contributed by atoms with van der Waals surface area (Å²) >= 11 is 0. The van der Waals surface area contributed by atoms with Gasteiger partial charge < -0.3 is 25.2 Å². The van der Waals surface area contributed by atoms with E-state index in [4.69, 9.17) is 14.9 Å². The summed E-state index contributed by atoms with van der Waals surface area (Å²) in [7, 11) is 2.95. The van der Waals surface area contributed by atoms with Crippen molar-refractivity contribution in [3.63, 3.8) is 0 Å². The number of rotatable bonds is 7. The maximum Gasteiger partial charge on any atom is 0.326 e. The second kappa shape index (κ2) is 7.49. The van der Waals surface area contributed by atoms with Gasteiger partial charge in [-0.1, -0.05) is 0 Å². The van der Waals surface area contributed by atoms with Crippen LogP contribution in [0.15, 0.2) is 0 Å². The fourth-order valence-corrected chi connectivity index (χ4v) is 1.18. The van der Waals surface area contributed by atoms with Gasteiger partial charge in [0.15, 0.2) is 0 Å². The number of aliphatic carboxylic acids is 2. The molecule has 2 atom stereocenters. The SMILES string of the molecule is COCC(C)N(C)C(=O)NC(CC(=O)O)C(=O)O. The van der Waals surface area contributed by atoms with Crippen molar-refractivity contribution in [3.8, 4) is 0 Å². The first kappa shape index (κ1) is 16.2. The Morgan fingerprint density at radius 2 is 1.89 bits per heavy atom. The third kappa shape index (κ3) is 5.48. The summed E-state index contributed by atoms with van der Waals surface area (Å²) in [6.45, 7) is 2.01. The normalized spacial score (nSPS) is 13.5. The molecule has 0 spiro atoms. The summed E-state index contributed by atoms with van der Waals surface area (Å²) in [5.41, 5.74) is 0. The molecule has 3 N–H and O–H groups in total. The molecule has 0 aromatic rings. The summed E-state index contributed by atoms with van der Waals surface area (Å²) < 4.78 is 4.86. The lowest BCUT2D eigenvalue weighted by molar-refractivity contribution is -0.145. The average molecular weight is 262 g/mol. The van der Waals surface area contributed by atoms with Gasteiger partial charge in [0.25, 0.3) is 0 Å². The topological polar surface area (TPSA) is 116 Å². The van der Waals surface area contributed by atoms with Crippen molar-refractivity contribution >= 4 is 18.0 Å². The van der Waals surface area contributed by atoms with Crippen LogP contribution in [0, 0.1) is 0 Å². The maximum absolute atomic E-state index is 11.7. The number of ether oxygens (including phenoxy) is 1. The number of hydrogen-bond donors (Lipinski definition) is 3. The number of hydrogen-bond acceptors (Lipinski definition) is 4. The highest BCUT2D eigenvalue weighted by Gasteiger charge is 2.25. The molecular weight excluding hydrogens is 244 g/mol. The molecule has 0 radical (unpaired) electrons. The zero-order chi connectivity index (χ0) is 14.3. The van der Waals surface area contributed by atoms with E-state index in [2.05, 4.69) is 5.32 Å². The molecule has 0 heterocycles. The predicted octanol–water partition coefficient (Wildman–Crippen LogP) is -0.409. The Morgan fingerprint density at radius 1 is 1.33 bits per heavy atom. The van der Waals surface area contributed by atoms with E-state index in [0.717, 1.165) is 0 Å². The third-order valence-electron chi connectivity index (χ3n) is 2.36. The van der Waals surface area contributed by atoms with Crippen LogP contribution in [0.1, 0.15) is 13.3 Å². The van der Waals surface area contributed by atoms with E-state index in [1.807, 2.05) is 0 Å². The molecule has 0 aliphatic carbocycles. The van der Waals surface area contributed by atoms with Crippen LogP contribution >= 0.6 is 0 Å². The average Bonchev–Trinajstić information content (AvgIpc) is 2.26. The molecule has 2 unspecified atom stereocenters. The first-order chi connectivity index (χ1) is 8.29. The van der Waals surface area contributed by atoms with Crippen molar-refractivity contribution in [1.82, 2.24) is 10.2 Å².